The number of aromatic nitrogens is 2. The standard InChI is InChI=1S/C17H14N4O3/c18-17(24)21-14-7-6-12-11(9-19-15(12)20-14)8-13(16(22)23)10-4-2-1-3-5-10/h1-9H,(H,22,23)(H4,18,19,20,21,24)/b13-8+. The van der Waals surface area contributed by atoms with E-state index in [0.717, 1.165) is 5.39 Å². The number of nitrogens with two attached hydrogens (primary N) is 1. The number of pyridine rings is 1. The van der Waals surface area contributed by atoms with E-state index in [1.54, 1.807) is 48.7 Å². The van der Waals surface area contributed by atoms with E-state index in [9.17, 15) is 14.7 Å². The molecule has 120 valence electrons. The maximum atomic E-state index is 11.6. The van der Waals surface area contributed by atoms with Gasteiger partial charge in [-0.3, -0.25) is 5.32 Å². The van der Waals surface area contributed by atoms with Crippen molar-refractivity contribution in [3.8, 4) is 0 Å². The van der Waals surface area contributed by atoms with Crippen molar-refractivity contribution < 1.29 is 14.7 Å². The Labute approximate surface area is 136 Å². The highest BCUT2D eigenvalue weighted by molar-refractivity contribution is 6.21. The van der Waals surface area contributed by atoms with Crippen LogP contribution in [0.1, 0.15) is 11.1 Å². The van der Waals surface area contributed by atoms with E-state index in [1.807, 2.05) is 6.07 Å². The molecule has 2 aromatic heterocycles. The number of amides is 2. The van der Waals surface area contributed by atoms with Crippen molar-refractivity contribution >= 4 is 40.5 Å². The van der Waals surface area contributed by atoms with E-state index >= 15 is 0 Å². The zero-order chi connectivity index (χ0) is 17.1. The number of carbonyl (C=O) groups is 2. The fraction of sp³-hybridized carbons (Fsp3) is 0. The highest BCUT2D eigenvalue weighted by atomic mass is 16.4. The Morgan fingerprint density at radius 1 is 1.17 bits per heavy atom. The van der Waals surface area contributed by atoms with Crippen molar-refractivity contribution in [2.75, 3.05) is 5.32 Å². The van der Waals surface area contributed by atoms with Gasteiger partial charge in [0.15, 0.2) is 0 Å². The van der Waals surface area contributed by atoms with Crippen molar-refractivity contribution in [3.05, 3.63) is 59.8 Å². The molecule has 0 radical (unpaired) electrons. The second kappa shape index (κ2) is 6.25. The van der Waals surface area contributed by atoms with E-state index in [4.69, 9.17) is 5.73 Å². The number of carbonyl (C=O) groups excluding carboxylic acids is 1. The van der Waals surface area contributed by atoms with Gasteiger partial charge < -0.3 is 15.8 Å². The summed E-state index contributed by atoms with van der Waals surface area (Å²) in [7, 11) is 0. The number of H-pyrrole nitrogens is 1. The number of nitrogens with zero attached hydrogens (tertiary/aromatic N) is 1. The van der Waals surface area contributed by atoms with Gasteiger partial charge in [-0.15, -0.1) is 0 Å². The minimum atomic E-state index is -1.02. The molecular weight excluding hydrogens is 308 g/mol. The molecule has 0 atom stereocenters. The molecule has 0 fully saturated rings. The van der Waals surface area contributed by atoms with E-state index in [2.05, 4.69) is 15.3 Å². The molecule has 3 rings (SSSR count). The second-order valence-electron chi connectivity index (χ2n) is 5.06. The molecule has 0 aliphatic heterocycles. The highest BCUT2D eigenvalue weighted by Crippen LogP contribution is 2.24. The van der Waals surface area contributed by atoms with Gasteiger partial charge in [0, 0.05) is 17.1 Å². The van der Waals surface area contributed by atoms with Gasteiger partial charge in [0.1, 0.15) is 11.5 Å². The van der Waals surface area contributed by atoms with E-state index < -0.39 is 12.0 Å². The van der Waals surface area contributed by atoms with Crippen LogP contribution in [0.2, 0.25) is 0 Å². The fourth-order valence-electron chi connectivity index (χ4n) is 2.38. The number of aliphatic carboxylic acids is 1. The van der Waals surface area contributed by atoms with Gasteiger partial charge >= 0.3 is 12.0 Å². The SMILES string of the molecule is NC(=O)Nc1ccc2c(/C=C(/C(=O)O)c3ccccc3)c[nH]c2n1. The lowest BCUT2D eigenvalue weighted by Crippen LogP contribution is -2.19. The molecule has 7 heteroatoms. The predicted octanol–water partition coefficient (Wildman–Crippen LogP) is 2.68. The van der Waals surface area contributed by atoms with Crippen LogP contribution in [0.5, 0.6) is 0 Å². The number of hydrogen-bond acceptors (Lipinski definition) is 3. The van der Waals surface area contributed by atoms with Crippen molar-refractivity contribution in [1.82, 2.24) is 9.97 Å². The molecule has 2 heterocycles. The normalized spacial score (nSPS) is 11.4. The average Bonchev–Trinajstić information content (AvgIpc) is 2.94. The average molecular weight is 322 g/mol. The van der Waals surface area contributed by atoms with Crippen LogP contribution in [-0.2, 0) is 4.79 Å². The molecule has 7 nitrogen and oxygen atoms in total. The number of rotatable bonds is 4. The molecule has 1 aromatic carbocycles. The number of nitrogens with one attached hydrogen (secondary N) is 2. The minimum absolute atomic E-state index is 0.177. The summed E-state index contributed by atoms with van der Waals surface area (Å²) in [6.45, 7) is 0. The zero-order valence-electron chi connectivity index (χ0n) is 12.5. The van der Waals surface area contributed by atoms with Gasteiger partial charge in [-0.25, -0.2) is 14.6 Å². The summed E-state index contributed by atoms with van der Waals surface area (Å²) in [5.41, 5.74) is 7.05. The van der Waals surface area contributed by atoms with E-state index in [0.29, 0.717) is 22.6 Å². The summed E-state index contributed by atoms with van der Waals surface area (Å²) in [6.07, 6.45) is 3.25. The Balaban J connectivity index is 2.05. The maximum absolute atomic E-state index is 11.6. The first kappa shape index (κ1) is 15.3. The monoisotopic (exact) mass is 322 g/mol. The van der Waals surface area contributed by atoms with Gasteiger partial charge in [-0.05, 0) is 23.8 Å². The van der Waals surface area contributed by atoms with Crippen LogP contribution in [0.3, 0.4) is 0 Å². The van der Waals surface area contributed by atoms with Gasteiger partial charge in [0.25, 0.3) is 0 Å². The van der Waals surface area contributed by atoms with E-state index in [1.165, 1.54) is 0 Å². The zero-order valence-corrected chi connectivity index (χ0v) is 12.5. The molecule has 0 spiro atoms. The molecule has 0 aliphatic carbocycles. The Kier molecular flexibility index (Phi) is 3.98. The van der Waals surface area contributed by atoms with Crippen LogP contribution in [0.25, 0.3) is 22.7 Å². The topological polar surface area (TPSA) is 121 Å². The lowest BCUT2D eigenvalue weighted by molar-refractivity contribution is -0.130. The fourth-order valence-corrected chi connectivity index (χ4v) is 2.38. The Morgan fingerprint density at radius 2 is 1.92 bits per heavy atom. The smallest absolute Gasteiger partial charge is 0.336 e. The molecule has 2 amide bonds. The van der Waals surface area contributed by atoms with Gasteiger partial charge in [0.05, 0.1) is 5.57 Å². The third kappa shape index (κ3) is 3.09. The molecule has 5 N–H and O–H groups in total. The summed E-state index contributed by atoms with van der Waals surface area (Å²) in [6, 6.07) is 11.5. The number of primary amides is 1. The van der Waals surface area contributed by atoms with Crippen molar-refractivity contribution in [2.45, 2.75) is 0 Å². The number of urea groups is 1. The summed E-state index contributed by atoms with van der Waals surface area (Å²) >= 11 is 0. The number of benzene rings is 1. The molecule has 0 bridgehead atoms. The van der Waals surface area contributed by atoms with Crippen LogP contribution in [0.4, 0.5) is 10.6 Å². The summed E-state index contributed by atoms with van der Waals surface area (Å²) in [5, 5.41) is 12.6. The lowest BCUT2D eigenvalue weighted by Gasteiger charge is -2.03. The summed E-state index contributed by atoms with van der Waals surface area (Å²) in [5.74, 6) is -0.704. The minimum Gasteiger partial charge on any atom is -0.478 e. The first-order valence-electron chi connectivity index (χ1n) is 7.09. The summed E-state index contributed by atoms with van der Waals surface area (Å²) < 4.78 is 0. The number of anilines is 1. The van der Waals surface area contributed by atoms with Crippen molar-refractivity contribution in [3.63, 3.8) is 0 Å². The first-order chi connectivity index (χ1) is 11.5. The largest absolute Gasteiger partial charge is 0.478 e. The van der Waals surface area contributed by atoms with Crippen molar-refractivity contribution in [1.29, 1.82) is 0 Å². The maximum Gasteiger partial charge on any atom is 0.336 e. The quantitative estimate of drug-likeness (QED) is 0.552. The van der Waals surface area contributed by atoms with E-state index in [-0.39, 0.29) is 5.57 Å². The van der Waals surface area contributed by atoms with Gasteiger partial charge in [-0.1, -0.05) is 30.3 Å². The van der Waals surface area contributed by atoms with Crippen LogP contribution in [-0.4, -0.2) is 27.1 Å². The Morgan fingerprint density at radius 3 is 2.58 bits per heavy atom. The molecule has 3 aromatic rings. The highest BCUT2D eigenvalue weighted by Gasteiger charge is 2.12. The molecule has 0 aliphatic rings. The second-order valence-corrected chi connectivity index (χ2v) is 5.06. The Bertz CT molecular complexity index is 945. The molecular formula is C17H14N4O3. The molecule has 24 heavy (non-hydrogen) atoms. The van der Waals surface area contributed by atoms with Crippen LogP contribution in [0, 0.1) is 0 Å². The van der Waals surface area contributed by atoms with Gasteiger partial charge in [-0.2, -0.15) is 0 Å². The summed E-state index contributed by atoms with van der Waals surface area (Å²) in [4.78, 5) is 29.6. The lowest BCUT2D eigenvalue weighted by atomic mass is 10.0. The number of carboxylic acids is 1. The van der Waals surface area contributed by atoms with Crippen LogP contribution < -0.4 is 11.1 Å². The molecule has 0 saturated heterocycles. The third-order valence-electron chi connectivity index (χ3n) is 3.44. The third-order valence-corrected chi connectivity index (χ3v) is 3.44. The number of hydrogen-bond donors (Lipinski definition) is 4. The van der Waals surface area contributed by atoms with Crippen LogP contribution >= 0.6 is 0 Å². The van der Waals surface area contributed by atoms with Gasteiger partial charge in [0.2, 0.25) is 0 Å². The number of fused-ring (bicyclic) bond motifs is 1. The first-order valence-corrected chi connectivity index (χ1v) is 7.09. The molecule has 0 saturated carbocycles. The predicted molar refractivity (Wildman–Crippen MR) is 91.2 cm³/mol. The number of aromatic amines is 1. The van der Waals surface area contributed by atoms with Crippen molar-refractivity contribution in [2.24, 2.45) is 5.73 Å². The Hall–Kier alpha value is -3.61. The van der Waals surface area contributed by atoms with Crippen LogP contribution in [0.15, 0.2) is 48.7 Å². The number of carboxylic acid groups (broad SMARTS) is 1. The molecule has 0 unspecified atom stereocenters.